The minimum Gasteiger partial charge on any atom is -0.346 e. The van der Waals surface area contributed by atoms with E-state index in [4.69, 9.17) is 0 Å². The zero-order valence-corrected chi connectivity index (χ0v) is 14.0. The third-order valence-electron chi connectivity index (χ3n) is 4.85. The Morgan fingerprint density at radius 1 is 1.38 bits per heavy atom. The first-order chi connectivity index (χ1) is 11.6. The van der Waals surface area contributed by atoms with Gasteiger partial charge in [0.25, 0.3) is 0 Å². The number of H-pyrrole nitrogens is 1. The van der Waals surface area contributed by atoms with Crippen LogP contribution in [0.5, 0.6) is 0 Å². The van der Waals surface area contributed by atoms with Crippen molar-refractivity contribution < 1.29 is 4.79 Å². The predicted octanol–water partition coefficient (Wildman–Crippen LogP) is 2.87. The fourth-order valence-corrected chi connectivity index (χ4v) is 3.66. The lowest BCUT2D eigenvalue weighted by molar-refractivity contribution is -0.135. The van der Waals surface area contributed by atoms with Crippen LogP contribution in [0.25, 0.3) is 21.8 Å². The van der Waals surface area contributed by atoms with Crippen LogP contribution in [0.2, 0.25) is 0 Å². The topological polar surface area (TPSA) is 74.8 Å². The molecule has 1 unspecified atom stereocenters. The number of carbonyl (C=O) groups is 1. The van der Waals surface area contributed by atoms with E-state index in [-0.39, 0.29) is 17.7 Å². The van der Waals surface area contributed by atoms with E-state index in [1.54, 1.807) is 6.20 Å². The van der Waals surface area contributed by atoms with Crippen LogP contribution in [-0.4, -0.2) is 44.1 Å². The molecule has 0 spiro atoms. The lowest BCUT2D eigenvalue weighted by Crippen LogP contribution is -2.41. The van der Waals surface area contributed by atoms with E-state index in [1.807, 2.05) is 37.2 Å². The summed E-state index contributed by atoms with van der Waals surface area (Å²) in [4.78, 5) is 22.0. The van der Waals surface area contributed by atoms with Crippen molar-refractivity contribution in [2.75, 3.05) is 13.1 Å². The lowest BCUT2D eigenvalue weighted by atomic mass is 9.91. The third-order valence-corrected chi connectivity index (χ3v) is 4.85. The number of aromatic nitrogens is 4. The van der Waals surface area contributed by atoms with Gasteiger partial charge in [0, 0.05) is 53.5 Å². The van der Waals surface area contributed by atoms with Crippen molar-refractivity contribution >= 4 is 27.7 Å². The summed E-state index contributed by atoms with van der Waals surface area (Å²) in [5.41, 5.74) is 1.85. The largest absolute Gasteiger partial charge is 0.346 e. The molecule has 3 aromatic heterocycles. The summed E-state index contributed by atoms with van der Waals surface area (Å²) in [6.45, 7) is 5.48. The Morgan fingerprint density at radius 3 is 3.08 bits per heavy atom. The summed E-state index contributed by atoms with van der Waals surface area (Å²) in [7, 11) is 0. The number of pyridine rings is 1. The SMILES string of the molecule is CC(C)C(=O)N1CCCC(c2nncc3cnc4[nH]ccc4c23)C1. The Balaban J connectivity index is 1.78. The molecule has 6 heteroatoms. The van der Waals surface area contributed by atoms with E-state index in [1.165, 1.54) is 0 Å². The second-order valence-corrected chi connectivity index (χ2v) is 6.84. The molecule has 1 atom stereocenters. The highest BCUT2D eigenvalue weighted by molar-refractivity contribution is 6.05. The van der Waals surface area contributed by atoms with Crippen LogP contribution in [-0.2, 0) is 4.79 Å². The molecule has 0 bridgehead atoms. The molecule has 24 heavy (non-hydrogen) atoms. The van der Waals surface area contributed by atoms with Crippen molar-refractivity contribution in [2.24, 2.45) is 5.92 Å². The number of aromatic amines is 1. The number of hydrogen-bond acceptors (Lipinski definition) is 4. The summed E-state index contributed by atoms with van der Waals surface area (Å²) < 4.78 is 0. The number of piperidine rings is 1. The first kappa shape index (κ1) is 15.1. The van der Waals surface area contributed by atoms with Gasteiger partial charge in [-0.25, -0.2) is 4.98 Å². The van der Waals surface area contributed by atoms with Crippen molar-refractivity contribution in [1.29, 1.82) is 0 Å². The minimum atomic E-state index is 0.0305. The van der Waals surface area contributed by atoms with Crippen LogP contribution in [0.1, 0.15) is 38.3 Å². The van der Waals surface area contributed by atoms with Gasteiger partial charge in [-0.15, -0.1) is 0 Å². The summed E-state index contributed by atoms with van der Waals surface area (Å²) in [5.74, 6) is 0.474. The lowest BCUT2D eigenvalue weighted by Gasteiger charge is -2.33. The molecular weight excluding hydrogens is 302 g/mol. The zero-order chi connectivity index (χ0) is 16.7. The number of fused-ring (bicyclic) bond motifs is 3. The highest BCUT2D eigenvalue weighted by Crippen LogP contribution is 2.33. The molecule has 0 aromatic carbocycles. The summed E-state index contributed by atoms with van der Waals surface area (Å²) >= 11 is 0. The van der Waals surface area contributed by atoms with Crippen molar-refractivity contribution in [3.63, 3.8) is 0 Å². The maximum absolute atomic E-state index is 12.4. The molecule has 1 fully saturated rings. The Labute approximate surface area is 140 Å². The normalized spacial score (nSPS) is 18.6. The summed E-state index contributed by atoms with van der Waals surface area (Å²) in [6, 6.07) is 2.04. The number of rotatable bonds is 2. The monoisotopic (exact) mass is 323 g/mol. The predicted molar refractivity (Wildman–Crippen MR) is 92.6 cm³/mol. The second kappa shape index (κ2) is 5.85. The van der Waals surface area contributed by atoms with Gasteiger partial charge in [0.2, 0.25) is 5.91 Å². The van der Waals surface area contributed by atoms with Gasteiger partial charge in [-0.3, -0.25) is 4.79 Å². The van der Waals surface area contributed by atoms with Gasteiger partial charge in [-0.1, -0.05) is 13.8 Å². The van der Waals surface area contributed by atoms with Crippen molar-refractivity contribution in [1.82, 2.24) is 25.1 Å². The van der Waals surface area contributed by atoms with Crippen LogP contribution in [0.3, 0.4) is 0 Å². The molecule has 0 radical (unpaired) electrons. The second-order valence-electron chi connectivity index (χ2n) is 6.84. The molecule has 0 saturated carbocycles. The van der Waals surface area contributed by atoms with Crippen LogP contribution in [0.4, 0.5) is 0 Å². The zero-order valence-electron chi connectivity index (χ0n) is 14.0. The number of nitrogens with one attached hydrogen (secondary N) is 1. The van der Waals surface area contributed by atoms with E-state index >= 15 is 0 Å². The first-order valence-electron chi connectivity index (χ1n) is 8.51. The van der Waals surface area contributed by atoms with E-state index in [0.717, 1.165) is 53.4 Å². The highest BCUT2D eigenvalue weighted by Gasteiger charge is 2.28. The maximum Gasteiger partial charge on any atom is 0.225 e. The fraction of sp³-hybridized carbons (Fsp3) is 0.444. The number of likely N-dealkylation sites (tertiary alicyclic amines) is 1. The van der Waals surface area contributed by atoms with Gasteiger partial charge in [0.05, 0.1) is 11.9 Å². The van der Waals surface area contributed by atoms with Gasteiger partial charge < -0.3 is 9.88 Å². The quantitative estimate of drug-likeness (QED) is 0.787. The number of nitrogens with zero attached hydrogens (tertiary/aromatic N) is 4. The van der Waals surface area contributed by atoms with Crippen molar-refractivity contribution in [2.45, 2.75) is 32.6 Å². The van der Waals surface area contributed by atoms with Gasteiger partial charge in [0.15, 0.2) is 0 Å². The molecule has 1 amide bonds. The minimum absolute atomic E-state index is 0.0305. The molecule has 6 nitrogen and oxygen atoms in total. The number of hydrogen-bond donors (Lipinski definition) is 1. The molecule has 1 N–H and O–H groups in total. The van der Waals surface area contributed by atoms with Crippen LogP contribution in [0, 0.1) is 5.92 Å². The molecule has 3 aromatic rings. The van der Waals surface area contributed by atoms with E-state index in [0.29, 0.717) is 0 Å². The molecule has 1 aliphatic heterocycles. The highest BCUT2D eigenvalue weighted by atomic mass is 16.2. The Morgan fingerprint density at radius 2 is 2.25 bits per heavy atom. The Bertz CT molecular complexity index is 901. The fourth-order valence-electron chi connectivity index (χ4n) is 3.66. The Hall–Kier alpha value is -2.50. The molecule has 1 aliphatic rings. The van der Waals surface area contributed by atoms with E-state index in [2.05, 4.69) is 20.2 Å². The average Bonchev–Trinajstić information content (AvgIpc) is 3.09. The van der Waals surface area contributed by atoms with Gasteiger partial charge in [0.1, 0.15) is 5.65 Å². The van der Waals surface area contributed by atoms with E-state index < -0.39 is 0 Å². The van der Waals surface area contributed by atoms with Crippen LogP contribution >= 0.6 is 0 Å². The van der Waals surface area contributed by atoms with Gasteiger partial charge in [-0.2, -0.15) is 10.2 Å². The number of amides is 1. The summed E-state index contributed by atoms with van der Waals surface area (Å²) in [6.07, 6.45) is 7.54. The molecular formula is C18H21N5O. The standard InChI is InChI=1S/C18H21N5O/c1-11(2)18(24)23-7-3-4-12(10-23)16-15-13(9-21-22-16)8-20-17-14(15)5-6-19-17/h5-6,8-9,11-12H,3-4,7,10H2,1-2H3,(H,19,20). The summed E-state index contributed by atoms with van der Waals surface area (Å²) in [5, 5.41) is 11.8. The third kappa shape index (κ3) is 2.42. The first-order valence-corrected chi connectivity index (χ1v) is 8.51. The van der Waals surface area contributed by atoms with Gasteiger partial charge in [-0.05, 0) is 18.9 Å². The van der Waals surface area contributed by atoms with Gasteiger partial charge >= 0.3 is 0 Å². The van der Waals surface area contributed by atoms with Crippen molar-refractivity contribution in [3.05, 3.63) is 30.4 Å². The molecule has 4 heterocycles. The van der Waals surface area contributed by atoms with Crippen molar-refractivity contribution in [3.8, 4) is 0 Å². The van der Waals surface area contributed by atoms with E-state index in [9.17, 15) is 4.79 Å². The average molecular weight is 323 g/mol. The molecule has 1 saturated heterocycles. The molecule has 124 valence electrons. The van der Waals surface area contributed by atoms with Crippen LogP contribution < -0.4 is 0 Å². The molecule has 4 rings (SSSR count). The Kier molecular flexibility index (Phi) is 3.67. The maximum atomic E-state index is 12.4. The molecule has 0 aliphatic carbocycles. The smallest absolute Gasteiger partial charge is 0.225 e. The number of carbonyl (C=O) groups excluding carboxylic acids is 1. The van der Waals surface area contributed by atoms with Crippen LogP contribution in [0.15, 0.2) is 24.7 Å².